The van der Waals surface area contributed by atoms with E-state index in [1.54, 1.807) is 0 Å². The highest BCUT2D eigenvalue weighted by Crippen LogP contribution is 2.36. The van der Waals surface area contributed by atoms with Crippen molar-refractivity contribution in [2.24, 2.45) is 17.8 Å². The molecule has 1 fully saturated rings. The Morgan fingerprint density at radius 3 is 2.85 bits per heavy atom. The zero-order chi connectivity index (χ0) is 17.6. The predicted molar refractivity (Wildman–Crippen MR) is 80.3 cm³/mol. The van der Waals surface area contributed by atoms with Crippen LogP contribution in [0.5, 0.6) is 0 Å². The van der Waals surface area contributed by atoms with Crippen LogP contribution in [-0.2, 0) is 14.3 Å². The summed E-state index contributed by atoms with van der Waals surface area (Å²) in [7, 11) is 0. The highest BCUT2D eigenvalue weighted by molar-refractivity contribution is 5.84. The monoisotopic (exact) mass is 283 g/mol. The third kappa shape index (κ3) is 4.77. The van der Waals surface area contributed by atoms with E-state index in [0.717, 1.165) is 6.42 Å². The van der Waals surface area contributed by atoms with Crippen molar-refractivity contribution in [2.75, 3.05) is 0 Å². The molecule has 1 aliphatic carbocycles. The fraction of sp³-hybridized carbons (Fsp3) is 0.765. The van der Waals surface area contributed by atoms with Crippen molar-refractivity contribution in [1.29, 1.82) is 0 Å². The second-order valence-electron chi connectivity index (χ2n) is 5.81. The number of rotatable bonds is 7. The van der Waals surface area contributed by atoms with Gasteiger partial charge in [-0.3, -0.25) is 9.59 Å². The first-order chi connectivity index (χ1) is 10.6. The maximum atomic E-state index is 12.1. The van der Waals surface area contributed by atoms with Gasteiger partial charge in [0.05, 0.1) is 5.92 Å². The molecule has 0 radical (unpaired) electrons. The third-order valence-corrected chi connectivity index (χ3v) is 4.03. The van der Waals surface area contributed by atoms with Gasteiger partial charge in [0.2, 0.25) is 0 Å². The lowest BCUT2D eigenvalue weighted by Crippen LogP contribution is -2.37. The summed E-state index contributed by atoms with van der Waals surface area (Å²) in [4.78, 5) is 23.5. The molecule has 20 heavy (non-hydrogen) atoms. The Morgan fingerprint density at radius 1 is 1.55 bits per heavy atom. The highest BCUT2D eigenvalue weighted by atomic mass is 16.5. The molecule has 0 spiro atoms. The van der Waals surface area contributed by atoms with E-state index in [-0.39, 0.29) is 35.9 Å². The fourth-order valence-corrected chi connectivity index (χ4v) is 2.92. The first-order valence-electron chi connectivity index (χ1n) is 8.96. The minimum Gasteiger partial charge on any atom is -0.461 e. The maximum Gasteiger partial charge on any atom is 0.302 e. The summed E-state index contributed by atoms with van der Waals surface area (Å²) >= 11 is 0. The largest absolute Gasteiger partial charge is 0.461 e. The van der Waals surface area contributed by atoms with Crippen LogP contribution in [0.25, 0.3) is 0 Å². The second kappa shape index (κ2) is 8.23. The van der Waals surface area contributed by atoms with E-state index >= 15 is 0 Å². The normalized spacial score (nSPS) is 28.8. The summed E-state index contributed by atoms with van der Waals surface area (Å²) in [6.07, 6.45) is 6.11. The number of carbonyl (C=O) groups is 2. The van der Waals surface area contributed by atoms with Gasteiger partial charge in [0, 0.05) is 17.5 Å². The maximum absolute atomic E-state index is 12.1. The number of Topliss-reactive ketones (excluding diaryl/α,β-unsaturated/α-hetero) is 1. The molecule has 0 aromatic rings. The van der Waals surface area contributed by atoms with Crippen molar-refractivity contribution >= 4 is 11.8 Å². The van der Waals surface area contributed by atoms with Crippen LogP contribution in [0.3, 0.4) is 0 Å². The van der Waals surface area contributed by atoms with Crippen molar-refractivity contribution in [3.63, 3.8) is 0 Å². The zero-order valence-electron chi connectivity index (χ0n) is 15.7. The zero-order valence-corrected chi connectivity index (χ0v) is 12.7. The molecule has 0 amide bonds. The molecule has 1 aliphatic rings. The van der Waals surface area contributed by atoms with Crippen LogP contribution in [0.1, 0.15) is 63.8 Å². The van der Waals surface area contributed by atoms with Crippen LogP contribution in [0.2, 0.25) is 0 Å². The first-order valence-corrected chi connectivity index (χ1v) is 7.46. The average molecular weight is 283 g/mol. The average Bonchev–Trinajstić information content (AvgIpc) is 2.73. The summed E-state index contributed by atoms with van der Waals surface area (Å²) in [5, 5.41) is 0. The fourth-order valence-electron chi connectivity index (χ4n) is 2.92. The van der Waals surface area contributed by atoms with Crippen molar-refractivity contribution < 1.29 is 18.4 Å². The smallest absolute Gasteiger partial charge is 0.302 e. The lowest BCUT2D eigenvalue weighted by Gasteiger charge is -2.30. The summed E-state index contributed by atoms with van der Waals surface area (Å²) in [6.45, 7) is 3.48. The Hall–Kier alpha value is -1.12. The minimum atomic E-state index is -1.90. The molecule has 0 aliphatic heterocycles. The number of esters is 1. The molecular formula is C17H28O3. The molecule has 1 unspecified atom stereocenters. The van der Waals surface area contributed by atoms with E-state index in [9.17, 15) is 9.59 Å². The van der Waals surface area contributed by atoms with Crippen molar-refractivity contribution in [1.82, 2.24) is 0 Å². The van der Waals surface area contributed by atoms with Gasteiger partial charge in [-0.25, -0.2) is 0 Å². The van der Waals surface area contributed by atoms with Gasteiger partial charge in [0.25, 0.3) is 0 Å². The number of allylic oxidation sites excluding steroid dienone is 2. The molecule has 114 valence electrons. The van der Waals surface area contributed by atoms with Crippen molar-refractivity contribution in [3.05, 3.63) is 12.2 Å². The number of ether oxygens (including phenoxy) is 1. The Bertz CT molecular complexity index is 443. The number of hydrogen-bond donors (Lipinski definition) is 0. The van der Waals surface area contributed by atoms with E-state index in [4.69, 9.17) is 8.85 Å². The predicted octanol–water partition coefficient (Wildman–Crippen LogP) is 3.92. The molecule has 0 heterocycles. The summed E-state index contributed by atoms with van der Waals surface area (Å²) in [6, 6.07) is 0. The molecule has 3 nitrogen and oxygen atoms in total. The summed E-state index contributed by atoms with van der Waals surface area (Å²) in [5.74, 6) is -0.141. The van der Waals surface area contributed by atoms with Gasteiger partial charge in [-0.1, -0.05) is 39.3 Å². The SMILES string of the molecule is [2H]C([2H])([2H])CC/C=C/C[C@@H](C)[C@@H](OC(C)=O)[C@H]1C(=O)CCC1C. The van der Waals surface area contributed by atoms with E-state index in [1.165, 1.54) is 6.92 Å². The summed E-state index contributed by atoms with van der Waals surface area (Å²) < 4.78 is 26.9. The molecular weight excluding hydrogens is 252 g/mol. The molecule has 4 atom stereocenters. The van der Waals surface area contributed by atoms with E-state index in [0.29, 0.717) is 19.3 Å². The summed E-state index contributed by atoms with van der Waals surface area (Å²) in [5.41, 5.74) is 0. The minimum absolute atomic E-state index is 0.0254. The quantitative estimate of drug-likeness (QED) is 0.525. The van der Waals surface area contributed by atoms with Crippen molar-refractivity contribution in [3.8, 4) is 0 Å². The molecule has 0 saturated heterocycles. The first kappa shape index (κ1) is 12.6. The van der Waals surface area contributed by atoms with Crippen LogP contribution in [-0.4, -0.2) is 17.9 Å². The van der Waals surface area contributed by atoms with Gasteiger partial charge in [-0.2, -0.15) is 0 Å². The standard InChI is InChI=1S/C17H28O3/c1-5-6-7-8-9-13(3)17(20-14(4)18)16-12(2)10-11-15(16)19/h7-8,12-13,16-17H,5-6,9-11H2,1-4H3/b8-7+/t12?,13-,16-,17-/m1/s1/i1D3. The van der Waals surface area contributed by atoms with Gasteiger partial charge < -0.3 is 4.74 Å². The second-order valence-corrected chi connectivity index (χ2v) is 5.81. The molecule has 0 bridgehead atoms. The highest BCUT2D eigenvalue weighted by Gasteiger charge is 2.41. The molecule has 1 saturated carbocycles. The Morgan fingerprint density at radius 2 is 2.30 bits per heavy atom. The molecule has 0 aromatic heterocycles. The molecule has 0 aromatic carbocycles. The lowest BCUT2D eigenvalue weighted by molar-refractivity contribution is -0.154. The Balaban J connectivity index is 2.62. The topological polar surface area (TPSA) is 43.4 Å². The number of ketones is 1. The van der Waals surface area contributed by atoms with Crippen LogP contribution < -0.4 is 0 Å². The lowest BCUT2D eigenvalue weighted by atomic mass is 9.83. The molecule has 1 rings (SSSR count). The Kier molecular flexibility index (Phi) is 5.19. The number of carbonyl (C=O) groups excluding carboxylic acids is 2. The van der Waals surface area contributed by atoms with Crippen LogP contribution in [0.15, 0.2) is 12.2 Å². The van der Waals surface area contributed by atoms with Crippen LogP contribution in [0.4, 0.5) is 0 Å². The van der Waals surface area contributed by atoms with Gasteiger partial charge in [0.1, 0.15) is 11.9 Å². The van der Waals surface area contributed by atoms with Gasteiger partial charge in [-0.05, 0) is 31.1 Å². The number of hydrogen-bond acceptors (Lipinski definition) is 3. The van der Waals surface area contributed by atoms with Crippen LogP contribution >= 0.6 is 0 Å². The third-order valence-electron chi connectivity index (χ3n) is 4.03. The van der Waals surface area contributed by atoms with E-state index in [2.05, 4.69) is 0 Å². The molecule has 0 N–H and O–H groups in total. The van der Waals surface area contributed by atoms with E-state index < -0.39 is 13.0 Å². The van der Waals surface area contributed by atoms with Gasteiger partial charge in [-0.15, -0.1) is 0 Å². The van der Waals surface area contributed by atoms with E-state index in [1.807, 2.05) is 26.0 Å². The molecule has 3 heteroatoms. The Labute approximate surface area is 127 Å². The van der Waals surface area contributed by atoms with Crippen molar-refractivity contribution in [2.45, 2.75) is 65.8 Å². The van der Waals surface area contributed by atoms with Gasteiger partial charge >= 0.3 is 5.97 Å². The van der Waals surface area contributed by atoms with Gasteiger partial charge in [0.15, 0.2) is 0 Å². The van der Waals surface area contributed by atoms with Crippen LogP contribution in [0, 0.1) is 17.8 Å².